The van der Waals surface area contributed by atoms with Gasteiger partial charge in [0.2, 0.25) is 0 Å². The fraction of sp³-hybridized carbons (Fsp3) is 0.500. The third-order valence-corrected chi connectivity index (χ3v) is 5.40. The summed E-state index contributed by atoms with van der Waals surface area (Å²) in [5, 5.41) is 12.7. The van der Waals surface area contributed by atoms with Crippen LogP contribution in [0.4, 0.5) is 13.2 Å². The number of alkyl halides is 3. The Morgan fingerprint density at radius 1 is 1.14 bits per heavy atom. The van der Waals surface area contributed by atoms with E-state index < -0.39 is 36.7 Å². The van der Waals surface area contributed by atoms with E-state index in [4.69, 9.17) is 0 Å². The zero-order valence-corrected chi connectivity index (χ0v) is 15.3. The van der Waals surface area contributed by atoms with E-state index in [2.05, 4.69) is 17.4 Å². The van der Waals surface area contributed by atoms with Crippen molar-refractivity contribution < 1.29 is 27.9 Å². The van der Waals surface area contributed by atoms with Crippen molar-refractivity contribution in [1.29, 1.82) is 0 Å². The first-order valence-corrected chi connectivity index (χ1v) is 9.38. The lowest BCUT2D eigenvalue weighted by molar-refractivity contribution is -0.143. The van der Waals surface area contributed by atoms with E-state index in [1.165, 1.54) is 5.56 Å². The smallest absolute Gasteiger partial charge is 0.390 e. The summed E-state index contributed by atoms with van der Waals surface area (Å²) in [6.45, 7) is -0.878. The molecule has 1 aliphatic carbocycles. The van der Waals surface area contributed by atoms with Gasteiger partial charge in [0.25, 0.3) is 11.8 Å². The summed E-state index contributed by atoms with van der Waals surface area (Å²) < 4.78 is 37.1. The van der Waals surface area contributed by atoms with Gasteiger partial charge in [0.1, 0.15) is 0 Å². The predicted octanol–water partition coefficient (Wildman–Crippen LogP) is 3.44. The number of hydrogen-bond donors (Lipinski definition) is 2. The van der Waals surface area contributed by atoms with Gasteiger partial charge in [-0.25, -0.2) is 0 Å². The number of nitrogens with one attached hydrogen (secondary N) is 1. The lowest BCUT2D eigenvalue weighted by atomic mass is 9.82. The first kappa shape index (κ1) is 20.2. The van der Waals surface area contributed by atoms with E-state index in [1.807, 2.05) is 18.2 Å². The van der Waals surface area contributed by atoms with E-state index in [9.17, 15) is 27.9 Å². The summed E-state index contributed by atoms with van der Waals surface area (Å²) in [7, 11) is 0. The van der Waals surface area contributed by atoms with Gasteiger partial charge in [-0.2, -0.15) is 13.2 Å². The van der Waals surface area contributed by atoms with Crippen molar-refractivity contribution in [3.63, 3.8) is 0 Å². The molecule has 0 atom stereocenters. The van der Waals surface area contributed by atoms with Crippen molar-refractivity contribution in [2.45, 2.75) is 50.2 Å². The van der Waals surface area contributed by atoms with E-state index in [1.54, 1.807) is 0 Å². The van der Waals surface area contributed by atoms with E-state index in [0.29, 0.717) is 5.92 Å². The van der Waals surface area contributed by atoms with Crippen molar-refractivity contribution in [3.05, 3.63) is 47.2 Å². The Labute approximate surface area is 161 Å². The minimum Gasteiger partial charge on any atom is -0.503 e. The van der Waals surface area contributed by atoms with Gasteiger partial charge in [-0.05, 0) is 37.2 Å². The summed E-state index contributed by atoms with van der Waals surface area (Å²) in [4.78, 5) is 25.2. The van der Waals surface area contributed by atoms with Gasteiger partial charge in [-0.1, -0.05) is 30.3 Å². The van der Waals surface area contributed by atoms with Gasteiger partial charge in [0, 0.05) is 12.6 Å². The molecule has 0 aromatic heterocycles. The Kier molecular flexibility index (Phi) is 5.96. The molecular weight excluding hydrogens is 373 g/mol. The Morgan fingerprint density at radius 3 is 2.39 bits per heavy atom. The molecule has 0 unspecified atom stereocenters. The van der Waals surface area contributed by atoms with Crippen molar-refractivity contribution in [3.8, 4) is 0 Å². The molecule has 0 radical (unpaired) electrons. The van der Waals surface area contributed by atoms with Crippen LogP contribution in [0.3, 0.4) is 0 Å². The zero-order chi connectivity index (χ0) is 20.3. The molecule has 1 aromatic rings. The van der Waals surface area contributed by atoms with Crippen LogP contribution >= 0.6 is 0 Å². The van der Waals surface area contributed by atoms with Gasteiger partial charge in [0.05, 0.1) is 18.5 Å². The summed E-state index contributed by atoms with van der Waals surface area (Å²) in [6.07, 6.45) is -2.22. The number of halogens is 3. The maximum absolute atomic E-state index is 12.4. The minimum atomic E-state index is -4.40. The van der Waals surface area contributed by atoms with Crippen molar-refractivity contribution >= 4 is 11.8 Å². The van der Waals surface area contributed by atoms with Crippen LogP contribution in [0.2, 0.25) is 0 Å². The average molecular weight is 396 g/mol. The highest BCUT2D eigenvalue weighted by molar-refractivity contribution is 6.07. The third kappa shape index (κ3) is 4.85. The van der Waals surface area contributed by atoms with Crippen molar-refractivity contribution in [1.82, 2.24) is 10.2 Å². The third-order valence-electron chi connectivity index (χ3n) is 5.40. The quantitative estimate of drug-likeness (QED) is 0.801. The summed E-state index contributed by atoms with van der Waals surface area (Å²) in [6, 6.07) is 10.1. The maximum Gasteiger partial charge on any atom is 0.390 e. The molecule has 1 aliphatic heterocycles. The molecule has 2 aliphatic rings. The molecule has 1 saturated carbocycles. The summed E-state index contributed by atoms with van der Waals surface area (Å²) in [5.74, 6) is -1.82. The largest absolute Gasteiger partial charge is 0.503 e. The summed E-state index contributed by atoms with van der Waals surface area (Å²) >= 11 is 0. The maximum atomic E-state index is 12.4. The van der Waals surface area contributed by atoms with Crippen LogP contribution in [-0.4, -0.2) is 47.1 Å². The van der Waals surface area contributed by atoms with Crippen molar-refractivity contribution in [2.24, 2.45) is 0 Å². The average Bonchev–Trinajstić information content (AvgIpc) is 2.95. The number of nitrogens with zero attached hydrogens (tertiary/aromatic N) is 1. The monoisotopic (exact) mass is 396 g/mol. The van der Waals surface area contributed by atoms with Crippen molar-refractivity contribution in [2.75, 3.05) is 13.1 Å². The standard InChI is InChI=1S/C20H23F3N2O3/c21-20(22,23)10-11-25-12-16(17(26)19(25)28)18(27)24-15-8-6-14(7-9-15)13-4-2-1-3-5-13/h1-5,14-15,26H,6-12H2,(H,24,27)/t14-,15+. The fourth-order valence-corrected chi connectivity index (χ4v) is 3.81. The first-order chi connectivity index (χ1) is 13.2. The van der Waals surface area contributed by atoms with Crippen LogP contribution in [0.25, 0.3) is 0 Å². The minimum absolute atomic E-state index is 0.0768. The normalized spacial score (nSPS) is 23.2. The van der Waals surface area contributed by atoms with Gasteiger partial charge < -0.3 is 15.3 Å². The predicted molar refractivity (Wildman–Crippen MR) is 96.5 cm³/mol. The second kappa shape index (κ2) is 8.24. The zero-order valence-electron chi connectivity index (χ0n) is 15.3. The molecule has 1 heterocycles. The highest BCUT2D eigenvalue weighted by atomic mass is 19.4. The molecule has 28 heavy (non-hydrogen) atoms. The number of amides is 2. The molecule has 1 fully saturated rings. The second-order valence-corrected chi connectivity index (χ2v) is 7.35. The van der Waals surface area contributed by atoms with E-state index in [0.717, 1.165) is 30.6 Å². The number of carbonyl (C=O) groups excluding carboxylic acids is 2. The molecule has 0 bridgehead atoms. The molecule has 0 saturated heterocycles. The Balaban J connectivity index is 1.52. The molecule has 152 valence electrons. The number of aliphatic hydroxyl groups is 1. The lowest BCUT2D eigenvalue weighted by Crippen LogP contribution is -2.39. The second-order valence-electron chi connectivity index (χ2n) is 7.35. The number of benzene rings is 1. The Bertz CT molecular complexity index is 754. The summed E-state index contributed by atoms with van der Waals surface area (Å²) in [5.41, 5.74) is 1.12. The first-order valence-electron chi connectivity index (χ1n) is 9.38. The number of hydrogen-bond acceptors (Lipinski definition) is 3. The molecule has 8 heteroatoms. The van der Waals surface area contributed by atoms with Crippen LogP contribution in [0.1, 0.15) is 43.6 Å². The van der Waals surface area contributed by atoms with Crippen LogP contribution in [-0.2, 0) is 9.59 Å². The number of aliphatic hydroxyl groups excluding tert-OH is 1. The topological polar surface area (TPSA) is 69.6 Å². The van der Waals surface area contributed by atoms with E-state index in [-0.39, 0.29) is 18.2 Å². The van der Waals surface area contributed by atoms with Crippen LogP contribution in [0.15, 0.2) is 41.7 Å². The molecule has 3 rings (SSSR count). The molecule has 1 aromatic carbocycles. The van der Waals surface area contributed by atoms with Gasteiger partial charge in [0.15, 0.2) is 5.76 Å². The SMILES string of the molecule is O=C(N[C@H]1CC[C@@H](c2ccccc2)CC1)C1=C(O)C(=O)N(CCC(F)(F)F)C1. The van der Waals surface area contributed by atoms with Gasteiger partial charge in [-0.15, -0.1) is 0 Å². The molecule has 2 N–H and O–H groups in total. The molecule has 5 nitrogen and oxygen atoms in total. The number of carbonyl (C=O) groups is 2. The van der Waals surface area contributed by atoms with Gasteiger partial charge in [-0.3, -0.25) is 9.59 Å². The highest BCUT2D eigenvalue weighted by Gasteiger charge is 2.37. The molecule has 2 amide bonds. The van der Waals surface area contributed by atoms with Crippen LogP contribution < -0.4 is 5.32 Å². The molecule has 0 spiro atoms. The van der Waals surface area contributed by atoms with E-state index >= 15 is 0 Å². The van der Waals surface area contributed by atoms with Crippen LogP contribution in [0, 0.1) is 0 Å². The van der Waals surface area contributed by atoms with Gasteiger partial charge >= 0.3 is 6.18 Å². The lowest BCUT2D eigenvalue weighted by Gasteiger charge is -2.29. The molecular formula is C20H23F3N2O3. The highest BCUT2D eigenvalue weighted by Crippen LogP contribution is 2.33. The fourth-order valence-electron chi connectivity index (χ4n) is 3.81. The van der Waals surface area contributed by atoms with Crippen LogP contribution in [0.5, 0.6) is 0 Å². The Morgan fingerprint density at radius 2 is 1.79 bits per heavy atom. The number of rotatable bonds is 5. The Hall–Kier alpha value is -2.51.